The van der Waals surface area contributed by atoms with Gasteiger partial charge in [0.15, 0.2) is 0 Å². The first-order chi connectivity index (χ1) is 13.9. The Morgan fingerprint density at radius 3 is 2.59 bits per heavy atom. The zero-order valence-corrected chi connectivity index (χ0v) is 17.6. The average molecular weight is 421 g/mol. The highest BCUT2D eigenvalue weighted by molar-refractivity contribution is 7.89. The van der Waals surface area contributed by atoms with Crippen molar-refractivity contribution >= 4 is 15.9 Å². The van der Waals surface area contributed by atoms with Crippen molar-refractivity contribution in [1.29, 1.82) is 0 Å². The number of hydrogen-bond donors (Lipinski definition) is 3. The van der Waals surface area contributed by atoms with Gasteiger partial charge in [0, 0.05) is 18.2 Å². The second-order valence-electron chi connectivity index (χ2n) is 7.20. The molecule has 1 aromatic carbocycles. The molecule has 2 aromatic rings. The third-order valence-corrected chi connectivity index (χ3v) is 6.66. The minimum Gasteiger partial charge on any atom is -0.495 e. The van der Waals surface area contributed by atoms with Crippen LogP contribution in [-0.4, -0.2) is 44.2 Å². The van der Waals surface area contributed by atoms with E-state index in [1.807, 2.05) is 0 Å². The number of H-pyrrole nitrogens is 1. The molecule has 1 aliphatic rings. The number of ether oxygens (including phenoxy) is 1. The SMILES string of the molecule is CCNS(=O)(=O)c1cc(-c2cc(C(=O)NC3CCCCCC3)[nH]n2)ccc1OC. The molecule has 1 fully saturated rings. The van der Waals surface area contributed by atoms with E-state index in [9.17, 15) is 13.2 Å². The molecule has 0 aliphatic heterocycles. The summed E-state index contributed by atoms with van der Waals surface area (Å²) in [5.41, 5.74) is 1.43. The van der Waals surface area contributed by atoms with Crippen molar-refractivity contribution in [3.8, 4) is 17.0 Å². The lowest BCUT2D eigenvalue weighted by Gasteiger charge is -2.15. The number of carbonyl (C=O) groups excluding carboxylic acids is 1. The molecule has 0 radical (unpaired) electrons. The third-order valence-electron chi connectivity index (χ3n) is 5.10. The Morgan fingerprint density at radius 1 is 1.21 bits per heavy atom. The lowest BCUT2D eigenvalue weighted by Crippen LogP contribution is -2.34. The fraction of sp³-hybridized carbons (Fsp3) is 0.500. The Kier molecular flexibility index (Phi) is 6.92. The van der Waals surface area contributed by atoms with Crippen LogP contribution in [0, 0.1) is 0 Å². The maximum absolute atomic E-state index is 12.6. The standard InChI is InChI=1S/C20H28N4O4S/c1-3-21-29(26,27)19-12-14(10-11-18(19)28-2)16-13-17(24-23-16)20(25)22-15-8-6-4-5-7-9-15/h10-13,15,21H,3-9H2,1-2H3,(H,22,25)(H,23,24). The van der Waals surface area contributed by atoms with Gasteiger partial charge >= 0.3 is 0 Å². The number of methoxy groups -OCH3 is 1. The van der Waals surface area contributed by atoms with Gasteiger partial charge in [0.1, 0.15) is 16.3 Å². The number of amides is 1. The largest absolute Gasteiger partial charge is 0.495 e. The Bertz CT molecular complexity index is 947. The normalized spacial score (nSPS) is 15.7. The summed E-state index contributed by atoms with van der Waals surface area (Å²) in [6, 6.07) is 6.62. The van der Waals surface area contributed by atoms with Crippen LogP contribution in [0.1, 0.15) is 55.9 Å². The molecule has 1 amide bonds. The van der Waals surface area contributed by atoms with Gasteiger partial charge in [-0.05, 0) is 37.1 Å². The van der Waals surface area contributed by atoms with Gasteiger partial charge in [-0.3, -0.25) is 9.89 Å². The van der Waals surface area contributed by atoms with Gasteiger partial charge in [-0.25, -0.2) is 13.1 Å². The quantitative estimate of drug-likeness (QED) is 0.596. The highest BCUT2D eigenvalue weighted by atomic mass is 32.2. The van der Waals surface area contributed by atoms with Gasteiger partial charge in [0.25, 0.3) is 5.91 Å². The molecule has 0 spiro atoms. The van der Waals surface area contributed by atoms with Gasteiger partial charge in [-0.15, -0.1) is 0 Å². The summed E-state index contributed by atoms with van der Waals surface area (Å²) in [5.74, 6) is 0.0567. The number of nitrogens with one attached hydrogen (secondary N) is 3. The summed E-state index contributed by atoms with van der Waals surface area (Å²) in [7, 11) is -2.29. The van der Waals surface area contributed by atoms with Gasteiger partial charge in [0.05, 0.1) is 12.8 Å². The van der Waals surface area contributed by atoms with Gasteiger partial charge < -0.3 is 10.1 Å². The maximum Gasteiger partial charge on any atom is 0.269 e. The van der Waals surface area contributed by atoms with Crippen molar-refractivity contribution in [2.45, 2.75) is 56.4 Å². The first-order valence-corrected chi connectivity index (χ1v) is 11.5. The summed E-state index contributed by atoms with van der Waals surface area (Å²) in [6.45, 7) is 1.98. The molecule has 0 atom stereocenters. The molecule has 0 saturated heterocycles. The van der Waals surface area contributed by atoms with E-state index < -0.39 is 10.0 Å². The van der Waals surface area contributed by atoms with Crippen molar-refractivity contribution in [2.75, 3.05) is 13.7 Å². The first kappa shape index (κ1) is 21.3. The maximum atomic E-state index is 12.6. The van der Waals surface area contributed by atoms with Crippen LogP contribution in [0.3, 0.4) is 0 Å². The lowest BCUT2D eigenvalue weighted by molar-refractivity contribution is 0.0928. The fourth-order valence-electron chi connectivity index (χ4n) is 3.59. The number of aromatic amines is 1. The molecule has 1 aliphatic carbocycles. The molecule has 0 unspecified atom stereocenters. The smallest absolute Gasteiger partial charge is 0.269 e. The van der Waals surface area contributed by atoms with E-state index in [-0.39, 0.29) is 29.1 Å². The Balaban J connectivity index is 1.81. The van der Waals surface area contributed by atoms with E-state index in [4.69, 9.17) is 4.74 Å². The van der Waals surface area contributed by atoms with E-state index in [0.717, 1.165) is 25.7 Å². The lowest BCUT2D eigenvalue weighted by atomic mass is 10.1. The zero-order chi connectivity index (χ0) is 20.9. The molecule has 1 aromatic heterocycles. The van der Waals surface area contributed by atoms with Crippen molar-refractivity contribution in [3.63, 3.8) is 0 Å². The van der Waals surface area contributed by atoms with Crippen molar-refractivity contribution in [1.82, 2.24) is 20.2 Å². The molecular formula is C20H28N4O4S. The minimum absolute atomic E-state index is 0.0341. The van der Waals surface area contributed by atoms with E-state index in [1.165, 1.54) is 26.0 Å². The fourth-order valence-corrected chi connectivity index (χ4v) is 4.82. The highest BCUT2D eigenvalue weighted by Gasteiger charge is 2.21. The molecule has 158 valence electrons. The van der Waals surface area contributed by atoms with Crippen LogP contribution in [0.15, 0.2) is 29.2 Å². The van der Waals surface area contributed by atoms with Crippen LogP contribution in [0.5, 0.6) is 5.75 Å². The number of nitrogens with zero attached hydrogens (tertiary/aromatic N) is 1. The second kappa shape index (κ2) is 9.41. The van der Waals surface area contributed by atoms with Gasteiger partial charge in [0.2, 0.25) is 10.0 Å². The number of rotatable bonds is 7. The predicted molar refractivity (Wildman–Crippen MR) is 110 cm³/mol. The molecule has 8 nitrogen and oxygen atoms in total. The second-order valence-corrected chi connectivity index (χ2v) is 8.93. The summed E-state index contributed by atoms with van der Waals surface area (Å²) in [6.07, 6.45) is 6.70. The van der Waals surface area contributed by atoms with Crippen molar-refractivity contribution in [2.24, 2.45) is 0 Å². The Morgan fingerprint density at radius 2 is 1.93 bits per heavy atom. The van der Waals surface area contributed by atoms with Gasteiger partial charge in [-0.2, -0.15) is 5.10 Å². The topological polar surface area (TPSA) is 113 Å². The van der Waals surface area contributed by atoms with Gasteiger partial charge in [-0.1, -0.05) is 32.6 Å². The molecule has 29 heavy (non-hydrogen) atoms. The van der Waals surface area contributed by atoms with Crippen LogP contribution in [-0.2, 0) is 10.0 Å². The Labute approximate surface area is 171 Å². The predicted octanol–water partition coefficient (Wildman–Crippen LogP) is 2.84. The minimum atomic E-state index is -3.71. The molecular weight excluding hydrogens is 392 g/mol. The van der Waals surface area contributed by atoms with E-state index in [2.05, 4.69) is 20.2 Å². The summed E-state index contributed by atoms with van der Waals surface area (Å²) < 4.78 is 32.6. The van der Waals surface area contributed by atoms with Crippen LogP contribution >= 0.6 is 0 Å². The van der Waals surface area contributed by atoms with E-state index in [0.29, 0.717) is 17.0 Å². The van der Waals surface area contributed by atoms with Crippen molar-refractivity contribution < 1.29 is 17.9 Å². The number of carbonyl (C=O) groups is 1. The molecule has 0 bridgehead atoms. The molecule has 1 saturated carbocycles. The summed E-state index contributed by atoms with van der Waals surface area (Å²) in [4.78, 5) is 12.6. The molecule has 3 N–H and O–H groups in total. The van der Waals surface area contributed by atoms with Crippen LogP contribution < -0.4 is 14.8 Å². The Hall–Kier alpha value is -2.39. The number of sulfonamides is 1. The summed E-state index contributed by atoms with van der Waals surface area (Å²) in [5, 5.41) is 10.0. The van der Waals surface area contributed by atoms with E-state index >= 15 is 0 Å². The monoisotopic (exact) mass is 420 g/mol. The van der Waals surface area contributed by atoms with Crippen molar-refractivity contribution in [3.05, 3.63) is 30.0 Å². The summed E-state index contributed by atoms with van der Waals surface area (Å²) >= 11 is 0. The number of benzene rings is 1. The van der Waals surface area contributed by atoms with E-state index in [1.54, 1.807) is 25.1 Å². The average Bonchev–Trinajstić information content (AvgIpc) is 3.06. The zero-order valence-electron chi connectivity index (χ0n) is 16.8. The molecule has 9 heteroatoms. The molecule has 1 heterocycles. The van der Waals surface area contributed by atoms with Crippen LogP contribution in [0.2, 0.25) is 0 Å². The number of aromatic nitrogens is 2. The molecule has 3 rings (SSSR count). The third kappa shape index (κ3) is 5.16. The van der Waals surface area contributed by atoms with Crippen LogP contribution in [0.4, 0.5) is 0 Å². The number of hydrogen-bond acceptors (Lipinski definition) is 5. The van der Waals surface area contributed by atoms with Crippen LogP contribution in [0.25, 0.3) is 11.3 Å². The highest BCUT2D eigenvalue weighted by Crippen LogP contribution is 2.29. The first-order valence-electron chi connectivity index (χ1n) is 9.99.